The first-order chi connectivity index (χ1) is 10.3. The number of rotatable bonds is 3. The molecule has 0 spiro atoms. The van der Waals surface area contributed by atoms with Crippen LogP contribution >= 0.6 is 12.4 Å². The Hall–Kier alpha value is -1.42. The summed E-state index contributed by atoms with van der Waals surface area (Å²) in [6.07, 6.45) is 3.78. The Morgan fingerprint density at radius 2 is 1.95 bits per heavy atom. The molecule has 1 saturated heterocycles. The lowest BCUT2D eigenvalue weighted by Gasteiger charge is -2.37. The predicted octanol–water partition coefficient (Wildman–Crippen LogP) is 3.27. The van der Waals surface area contributed by atoms with Crippen molar-refractivity contribution in [2.75, 3.05) is 19.6 Å². The summed E-state index contributed by atoms with van der Waals surface area (Å²) >= 11 is 0. The van der Waals surface area contributed by atoms with Gasteiger partial charge in [0, 0.05) is 44.6 Å². The molecule has 1 N–H and O–H groups in total. The lowest BCUT2D eigenvalue weighted by molar-refractivity contribution is 0.153. The van der Waals surface area contributed by atoms with Crippen molar-refractivity contribution in [2.45, 2.75) is 26.4 Å². The molecule has 1 atom stereocenters. The average Bonchev–Trinajstić information content (AvgIpc) is 2.53. The van der Waals surface area contributed by atoms with Gasteiger partial charge < -0.3 is 5.32 Å². The minimum Gasteiger partial charge on any atom is -0.314 e. The molecule has 1 unspecified atom stereocenters. The summed E-state index contributed by atoms with van der Waals surface area (Å²) in [5.41, 5.74) is 5.59. The van der Waals surface area contributed by atoms with E-state index < -0.39 is 0 Å². The van der Waals surface area contributed by atoms with E-state index in [2.05, 4.69) is 59.4 Å². The van der Waals surface area contributed by atoms with Crippen molar-refractivity contribution in [3.05, 3.63) is 65.0 Å². The molecule has 0 amide bonds. The van der Waals surface area contributed by atoms with Crippen molar-refractivity contribution in [3.8, 4) is 0 Å². The Morgan fingerprint density at radius 1 is 1.18 bits per heavy atom. The lowest BCUT2D eigenvalue weighted by Crippen LogP contribution is -2.45. The molecule has 4 heteroatoms. The molecule has 118 valence electrons. The number of nitrogens with zero attached hydrogens (tertiary/aromatic N) is 2. The number of aromatic nitrogens is 1. The molecule has 1 aliphatic rings. The molecule has 1 aromatic heterocycles. The first-order valence-corrected chi connectivity index (χ1v) is 7.65. The van der Waals surface area contributed by atoms with E-state index >= 15 is 0 Å². The van der Waals surface area contributed by atoms with Gasteiger partial charge in [0.15, 0.2) is 0 Å². The second-order valence-corrected chi connectivity index (χ2v) is 5.83. The van der Waals surface area contributed by atoms with Gasteiger partial charge in [-0.15, -0.1) is 12.4 Å². The maximum Gasteiger partial charge on any atom is 0.0477 e. The Morgan fingerprint density at radius 3 is 2.73 bits per heavy atom. The van der Waals surface area contributed by atoms with Crippen molar-refractivity contribution in [2.24, 2.45) is 0 Å². The zero-order valence-electron chi connectivity index (χ0n) is 13.2. The van der Waals surface area contributed by atoms with E-state index in [0.29, 0.717) is 6.04 Å². The number of hydrogen-bond donors (Lipinski definition) is 1. The van der Waals surface area contributed by atoms with Crippen molar-refractivity contribution in [1.82, 2.24) is 15.2 Å². The van der Waals surface area contributed by atoms with Crippen LogP contribution in [0.1, 0.15) is 28.3 Å². The van der Waals surface area contributed by atoms with Crippen LogP contribution in [0.4, 0.5) is 0 Å². The third-order valence-electron chi connectivity index (χ3n) is 4.54. The Balaban J connectivity index is 0.00000176. The number of piperazine rings is 1. The Labute approximate surface area is 139 Å². The normalized spacial score (nSPS) is 18.7. The number of nitrogens with one attached hydrogen (secondary N) is 1. The fraction of sp³-hybridized carbons (Fsp3) is 0.389. The van der Waals surface area contributed by atoms with E-state index in [0.717, 1.165) is 26.2 Å². The van der Waals surface area contributed by atoms with Crippen LogP contribution in [-0.2, 0) is 6.54 Å². The first-order valence-electron chi connectivity index (χ1n) is 7.65. The highest BCUT2D eigenvalue weighted by molar-refractivity contribution is 5.85. The summed E-state index contributed by atoms with van der Waals surface area (Å²) in [6, 6.07) is 11.3. The van der Waals surface area contributed by atoms with E-state index in [4.69, 9.17) is 0 Å². The van der Waals surface area contributed by atoms with Gasteiger partial charge >= 0.3 is 0 Å². The third-order valence-corrected chi connectivity index (χ3v) is 4.54. The van der Waals surface area contributed by atoms with Crippen LogP contribution < -0.4 is 5.32 Å². The maximum absolute atomic E-state index is 4.14. The molecule has 3 nitrogen and oxygen atoms in total. The predicted molar refractivity (Wildman–Crippen MR) is 93.4 cm³/mol. The Bertz CT molecular complexity index is 601. The maximum atomic E-state index is 4.14. The van der Waals surface area contributed by atoms with E-state index in [-0.39, 0.29) is 12.4 Å². The molecule has 1 aliphatic heterocycles. The molecular formula is C18H24ClN3. The molecule has 0 saturated carbocycles. The lowest BCUT2D eigenvalue weighted by atomic mass is 10.00. The van der Waals surface area contributed by atoms with E-state index in [1.807, 2.05) is 12.4 Å². The van der Waals surface area contributed by atoms with Gasteiger partial charge in [0.1, 0.15) is 0 Å². The molecule has 2 heterocycles. The van der Waals surface area contributed by atoms with Crippen LogP contribution in [-0.4, -0.2) is 29.5 Å². The zero-order chi connectivity index (χ0) is 14.7. The Kier molecular flexibility index (Phi) is 5.95. The van der Waals surface area contributed by atoms with Gasteiger partial charge in [-0.3, -0.25) is 9.88 Å². The summed E-state index contributed by atoms with van der Waals surface area (Å²) < 4.78 is 0. The third kappa shape index (κ3) is 3.67. The molecule has 22 heavy (non-hydrogen) atoms. The molecule has 1 aromatic carbocycles. The van der Waals surface area contributed by atoms with Gasteiger partial charge in [0.25, 0.3) is 0 Å². The van der Waals surface area contributed by atoms with Crippen LogP contribution in [0, 0.1) is 13.8 Å². The van der Waals surface area contributed by atoms with Crippen LogP contribution in [0.3, 0.4) is 0 Å². The van der Waals surface area contributed by atoms with Gasteiger partial charge in [0.05, 0.1) is 0 Å². The highest BCUT2D eigenvalue weighted by Crippen LogP contribution is 2.25. The number of pyridine rings is 1. The fourth-order valence-electron chi connectivity index (χ4n) is 3.05. The van der Waals surface area contributed by atoms with Gasteiger partial charge in [-0.05, 0) is 48.2 Å². The zero-order valence-corrected chi connectivity index (χ0v) is 14.1. The fourth-order valence-corrected chi connectivity index (χ4v) is 3.05. The molecule has 0 radical (unpaired) electrons. The molecule has 1 fully saturated rings. The smallest absolute Gasteiger partial charge is 0.0477 e. The van der Waals surface area contributed by atoms with Gasteiger partial charge in [0.2, 0.25) is 0 Å². The summed E-state index contributed by atoms with van der Waals surface area (Å²) in [5, 5.41) is 3.51. The summed E-state index contributed by atoms with van der Waals surface area (Å²) in [7, 11) is 0. The van der Waals surface area contributed by atoms with E-state index in [1.54, 1.807) is 0 Å². The van der Waals surface area contributed by atoms with Crippen LogP contribution in [0.15, 0.2) is 42.7 Å². The van der Waals surface area contributed by atoms with Crippen LogP contribution in [0.25, 0.3) is 0 Å². The van der Waals surface area contributed by atoms with Crippen LogP contribution in [0.2, 0.25) is 0 Å². The van der Waals surface area contributed by atoms with Gasteiger partial charge in [-0.25, -0.2) is 0 Å². The van der Waals surface area contributed by atoms with Crippen molar-refractivity contribution in [1.29, 1.82) is 0 Å². The molecular weight excluding hydrogens is 294 g/mol. The van der Waals surface area contributed by atoms with Crippen LogP contribution in [0.5, 0.6) is 0 Å². The summed E-state index contributed by atoms with van der Waals surface area (Å²) in [5.74, 6) is 0. The molecule has 2 aromatic rings. The minimum absolute atomic E-state index is 0. The van der Waals surface area contributed by atoms with Crippen molar-refractivity contribution < 1.29 is 0 Å². The number of hydrogen-bond acceptors (Lipinski definition) is 3. The van der Waals surface area contributed by atoms with Gasteiger partial charge in [-0.1, -0.05) is 18.2 Å². The number of aryl methyl sites for hydroxylation is 1. The van der Waals surface area contributed by atoms with E-state index in [1.165, 1.54) is 22.3 Å². The first kappa shape index (κ1) is 16.9. The summed E-state index contributed by atoms with van der Waals surface area (Å²) in [6.45, 7) is 8.59. The molecule has 0 aliphatic carbocycles. The second kappa shape index (κ2) is 7.73. The summed E-state index contributed by atoms with van der Waals surface area (Å²) in [4.78, 5) is 6.71. The average molecular weight is 318 g/mol. The standard InChI is InChI=1S/C18H23N3.ClH/c1-14-4-3-5-17(15(14)2)13-21-11-10-20-12-18(21)16-6-8-19-9-7-16;/h3-9,18,20H,10-13H2,1-2H3;1H. The van der Waals surface area contributed by atoms with Gasteiger partial charge in [-0.2, -0.15) is 0 Å². The molecule has 3 rings (SSSR count). The monoisotopic (exact) mass is 317 g/mol. The van der Waals surface area contributed by atoms with Crippen molar-refractivity contribution >= 4 is 12.4 Å². The largest absolute Gasteiger partial charge is 0.314 e. The number of halogens is 1. The van der Waals surface area contributed by atoms with Crippen molar-refractivity contribution in [3.63, 3.8) is 0 Å². The second-order valence-electron chi connectivity index (χ2n) is 5.83. The highest BCUT2D eigenvalue weighted by Gasteiger charge is 2.24. The minimum atomic E-state index is 0. The quantitative estimate of drug-likeness (QED) is 0.941. The topological polar surface area (TPSA) is 28.2 Å². The van der Waals surface area contributed by atoms with E-state index in [9.17, 15) is 0 Å². The number of benzene rings is 1. The SMILES string of the molecule is Cc1cccc(CN2CCNCC2c2ccncc2)c1C.Cl. The highest BCUT2D eigenvalue weighted by atomic mass is 35.5. The molecule has 0 bridgehead atoms.